The number of esters is 1. The summed E-state index contributed by atoms with van der Waals surface area (Å²) in [7, 11) is 0. The van der Waals surface area contributed by atoms with Crippen LogP contribution in [0.5, 0.6) is 0 Å². The van der Waals surface area contributed by atoms with Crippen molar-refractivity contribution in [2.24, 2.45) is 5.92 Å². The van der Waals surface area contributed by atoms with Gasteiger partial charge in [0.15, 0.2) is 0 Å². The third kappa shape index (κ3) is 2.26. The Labute approximate surface area is 66.4 Å². The first-order valence-corrected chi connectivity index (χ1v) is 3.91. The van der Waals surface area contributed by atoms with Crippen LogP contribution in [-0.4, -0.2) is 19.1 Å². The van der Waals surface area contributed by atoms with Crippen molar-refractivity contribution in [2.75, 3.05) is 13.2 Å². The lowest BCUT2D eigenvalue weighted by atomic mass is 10.0. The molecule has 3 nitrogen and oxygen atoms in total. The summed E-state index contributed by atoms with van der Waals surface area (Å²) in [6, 6.07) is 0. The minimum atomic E-state index is -0.106. The molecule has 0 amide bonds. The Kier molecular flexibility index (Phi) is 2.95. The monoisotopic (exact) mass is 155 g/mol. The predicted octanol–water partition coefficient (Wildman–Crippen LogP) is 0.673. The van der Waals surface area contributed by atoms with E-state index in [-0.39, 0.29) is 11.9 Å². The van der Waals surface area contributed by atoms with Crippen molar-refractivity contribution in [1.82, 2.24) is 5.32 Å². The molecule has 0 aromatic heterocycles. The van der Waals surface area contributed by atoms with E-state index in [1.54, 1.807) is 0 Å². The number of carbonyl (C=O) groups is 1. The summed E-state index contributed by atoms with van der Waals surface area (Å²) in [6.45, 7) is 3.15. The van der Waals surface area contributed by atoms with Gasteiger partial charge in [0.1, 0.15) is 0 Å². The van der Waals surface area contributed by atoms with Crippen LogP contribution in [0.25, 0.3) is 0 Å². The highest BCUT2D eigenvalue weighted by atomic mass is 16.5. The van der Waals surface area contributed by atoms with Gasteiger partial charge in [-0.1, -0.05) is 6.08 Å². The Morgan fingerprint density at radius 3 is 3.18 bits per heavy atom. The lowest BCUT2D eigenvalue weighted by Gasteiger charge is -2.15. The molecule has 1 aliphatic rings. The standard InChI is InChI=1S/C8H13NO2/c1-2-11-8(10)7-3-5-9-6-4-7/h3,5,7,9H,2,4,6H2,1H3. The molecule has 0 aromatic carbocycles. The van der Waals surface area contributed by atoms with E-state index in [1.807, 2.05) is 19.2 Å². The van der Waals surface area contributed by atoms with Gasteiger partial charge in [-0.2, -0.15) is 0 Å². The fourth-order valence-corrected chi connectivity index (χ4v) is 1.05. The summed E-state index contributed by atoms with van der Waals surface area (Å²) in [5, 5.41) is 3.02. The van der Waals surface area contributed by atoms with Gasteiger partial charge in [-0.15, -0.1) is 0 Å². The van der Waals surface area contributed by atoms with E-state index in [0.29, 0.717) is 6.61 Å². The number of hydrogen-bond acceptors (Lipinski definition) is 3. The van der Waals surface area contributed by atoms with Crippen molar-refractivity contribution in [3.63, 3.8) is 0 Å². The molecule has 3 heteroatoms. The highest BCUT2D eigenvalue weighted by Gasteiger charge is 2.17. The first-order chi connectivity index (χ1) is 5.34. The van der Waals surface area contributed by atoms with Crippen molar-refractivity contribution in [3.8, 4) is 0 Å². The number of ether oxygens (including phenoxy) is 1. The lowest BCUT2D eigenvalue weighted by Crippen LogP contribution is -2.24. The second-order valence-electron chi connectivity index (χ2n) is 2.46. The van der Waals surface area contributed by atoms with Gasteiger partial charge in [0.05, 0.1) is 12.5 Å². The summed E-state index contributed by atoms with van der Waals surface area (Å²) < 4.78 is 4.86. The first kappa shape index (κ1) is 8.11. The van der Waals surface area contributed by atoms with Gasteiger partial charge < -0.3 is 10.1 Å². The molecule has 0 fully saturated rings. The molecule has 1 atom stereocenters. The van der Waals surface area contributed by atoms with Gasteiger partial charge in [0.2, 0.25) is 0 Å². The third-order valence-corrected chi connectivity index (χ3v) is 1.64. The van der Waals surface area contributed by atoms with Crippen molar-refractivity contribution < 1.29 is 9.53 Å². The molecule has 0 bridgehead atoms. The molecule has 1 unspecified atom stereocenters. The lowest BCUT2D eigenvalue weighted by molar-refractivity contribution is -0.146. The highest BCUT2D eigenvalue weighted by molar-refractivity contribution is 5.74. The second-order valence-corrected chi connectivity index (χ2v) is 2.46. The number of rotatable bonds is 2. The molecule has 0 aliphatic carbocycles. The number of nitrogens with one attached hydrogen (secondary N) is 1. The normalized spacial score (nSPS) is 22.5. The van der Waals surface area contributed by atoms with Gasteiger partial charge in [-0.25, -0.2) is 0 Å². The van der Waals surface area contributed by atoms with Gasteiger partial charge in [-0.3, -0.25) is 4.79 Å². The highest BCUT2D eigenvalue weighted by Crippen LogP contribution is 2.09. The zero-order valence-corrected chi connectivity index (χ0v) is 6.67. The van der Waals surface area contributed by atoms with Crippen molar-refractivity contribution in [2.45, 2.75) is 13.3 Å². The van der Waals surface area contributed by atoms with Crippen molar-refractivity contribution in [3.05, 3.63) is 12.3 Å². The summed E-state index contributed by atoms with van der Waals surface area (Å²) in [4.78, 5) is 11.1. The summed E-state index contributed by atoms with van der Waals surface area (Å²) in [5.74, 6) is -0.138. The average Bonchev–Trinajstić information content (AvgIpc) is 2.07. The van der Waals surface area contributed by atoms with Crippen LogP contribution in [0.3, 0.4) is 0 Å². The van der Waals surface area contributed by atoms with Crippen molar-refractivity contribution in [1.29, 1.82) is 0 Å². The van der Waals surface area contributed by atoms with Gasteiger partial charge >= 0.3 is 5.97 Å². The average molecular weight is 155 g/mol. The predicted molar refractivity (Wildman–Crippen MR) is 41.9 cm³/mol. The zero-order valence-electron chi connectivity index (χ0n) is 6.67. The maximum Gasteiger partial charge on any atom is 0.312 e. The van der Waals surface area contributed by atoms with E-state index in [0.717, 1.165) is 13.0 Å². The van der Waals surface area contributed by atoms with Crippen LogP contribution in [0.15, 0.2) is 12.3 Å². The minimum Gasteiger partial charge on any atom is -0.466 e. The fraction of sp³-hybridized carbons (Fsp3) is 0.625. The molecule has 0 spiro atoms. The fourth-order valence-electron chi connectivity index (χ4n) is 1.05. The summed E-state index contributed by atoms with van der Waals surface area (Å²) in [6.07, 6.45) is 4.50. The zero-order chi connectivity index (χ0) is 8.10. The van der Waals surface area contributed by atoms with Gasteiger partial charge in [0, 0.05) is 6.54 Å². The van der Waals surface area contributed by atoms with E-state index >= 15 is 0 Å². The molecular weight excluding hydrogens is 142 g/mol. The first-order valence-electron chi connectivity index (χ1n) is 3.91. The minimum absolute atomic E-state index is 0.0313. The quantitative estimate of drug-likeness (QED) is 0.596. The molecule has 1 aliphatic heterocycles. The van der Waals surface area contributed by atoms with Crippen LogP contribution in [0.1, 0.15) is 13.3 Å². The van der Waals surface area contributed by atoms with E-state index in [1.165, 1.54) is 0 Å². The molecule has 0 radical (unpaired) electrons. The molecule has 11 heavy (non-hydrogen) atoms. The maximum atomic E-state index is 11.1. The molecular formula is C8H13NO2. The number of carbonyl (C=O) groups excluding carboxylic acids is 1. The van der Waals surface area contributed by atoms with E-state index in [4.69, 9.17) is 4.74 Å². The Morgan fingerprint density at radius 2 is 2.64 bits per heavy atom. The van der Waals surface area contributed by atoms with Crippen LogP contribution < -0.4 is 5.32 Å². The Bertz CT molecular complexity index is 165. The third-order valence-electron chi connectivity index (χ3n) is 1.64. The molecule has 0 saturated carbocycles. The molecule has 1 N–H and O–H groups in total. The van der Waals surface area contributed by atoms with Gasteiger partial charge in [-0.05, 0) is 19.5 Å². The van der Waals surface area contributed by atoms with E-state index < -0.39 is 0 Å². The second kappa shape index (κ2) is 4.01. The van der Waals surface area contributed by atoms with E-state index in [2.05, 4.69) is 5.32 Å². The maximum absolute atomic E-state index is 11.1. The summed E-state index contributed by atoms with van der Waals surface area (Å²) >= 11 is 0. The topological polar surface area (TPSA) is 38.3 Å². The smallest absolute Gasteiger partial charge is 0.312 e. The van der Waals surface area contributed by atoms with Crippen LogP contribution in [0, 0.1) is 5.92 Å². The van der Waals surface area contributed by atoms with Crippen LogP contribution in [0.4, 0.5) is 0 Å². The number of hydrogen-bond donors (Lipinski definition) is 1. The van der Waals surface area contributed by atoms with Crippen LogP contribution in [-0.2, 0) is 9.53 Å². The summed E-state index contributed by atoms with van der Waals surface area (Å²) in [5.41, 5.74) is 0. The Morgan fingerprint density at radius 1 is 1.82 bits per heavy atom. The SMILES string of the molecule is CCOC(=O)C1C=CNCC1. The van der Waals surface area contributed by atoms with Crippen LogP contribution >= 0.6 is 0 Å². The van der Waals surface area contributed by atoms with Gasteiger partial charge in [0.25, 0.3) is 0 Å². The van der Waals surface area contributed by atoms with E-state index in [9.17, 15) is 4.79 Å². The van der Waals surface area contributed by atoms with Crippen molar-refractivity contribution >= 4 is 5.97 Å². The molecule has 1 rings (SSSR count). The molecule has 1 heterocycles. The Hall–Kier alpha value is -0.990. The molecule has 0 aromatic rings. The largest absolute Gasteiger partial charge is 0.466 e. The molecule has 0 saturated heterocycles. The Balaban J connectivity index is 2.39. The van der Waals surface area contributed by atoms with Crippen LogP contribution in [0.2, 0.25) is 0 Å². The molecule has 62 valence electrons.